The highest BCUT2D eigenvalue weighted by molar-refractivity contribution is 9.10. The smallest absolute Gasteiger partial charge is 0.340 e. The van der Waals surface area contributed by atoms with Gasteiger partial charge in [-0.2, -0.15) is 0 Å². The van der Waals surface area contributed by atoms with Crippen molar-refractivity contribution < 1.29 is 9.53 Å². The fourth-order valence-electron chi connectivity index (χ4n) is 1.85. The molecule has 0 aliphatic rings. The number of halogens is 1. The first kappa shape index (κ1) is 14.4. The Labute approximate surface area is 126 Å². The van der Waals surface area contributed by atoms with E-state index in [-0.39, 0.29) is 0 Å². The van der Waals surface area contributed by atoms with Gasteiger partial charge >= 0.3 is 5.97 Å². The van der Waals surface area contributed by atoms with E-state index < -0.39 is 5.97 Å². The van der Waals surface area contributed by atoms with Gasteiger partial charge in [0.2, 0.25) is 0 Å². The van der Waals surface area contributed by atoms with Gasteiger partial charge in [-0.15, -0.1) is 0 Å². The second-order valence-electron chi connectivity index (χ2n) is 4.32. The molecule has 3 N–H and O–H groups in total. The minimum Gasteiger partial charge on any atom is -0.465 e. The number of nitrogen functional groups attached to an aromatic ring is 1. The lowest BCUT2D eigenvalue weighted by molar-refractivity contribution is 0.0602. The number of para-hydroxylation sites is 1. The number of hydrogen-bond donors (Lipinski definition) is 2. The van der Waals surface area contributed by atoms with Gasteiger partial charge in [0.1, 0.15) is 0 Å². The maximum atomic E-state index is 11.6. The van der Waals surface area contributed by atoms with Crippen molar-refractivity contribution in [2.45, 2.75) is 6.92 Å². The number of methoxy groups -OCH3 is 1. The number of nitrogens with two attached hydrogens (primary N) is 1. The molecule has 4 nitrogen and oxygen atoms in total. The molecule has 0 fully saturated rings. The third-order valence-corrected chi connectivity index (χ3v) is 4.03. The van der Waals surface area contributed by atoms with Gasteiger partial charge in [-0.05, 0) is 46.6 Å². The first-order valence-electron chi connectivity index (χ1n) is 6.03. The van der Waals surface area contributed by atoms with Crippen LogP contribution in [0.25, 0.3) is 0 Å². The maximum absolute atomic E-state index is 11.6. The molecule has 0 atom stereocenters. The van der Waals surface area contributed by atoms with Gasteiger partial charge in [-0.1, -0.05) is 18.2 Å². The van der Waals surface area contributed by atoms with Crippen LogP contribution in [0.2, 0.25) is 0 Å². The minimum absolute atomic E-state index is 0.348. The number of carbonyl (C=O) groups is 1. The summed E-state index contributed by atoms with van der Waals surface area (Å²) in [5.74, 6) is -0.450. The molecule has 0 aliphatic carbocycles. The molecule has 2 rings (SSSR count). The fraction of sp³-hybridized carbons (Fsp3) is 0.133. The molecule has 0 saturated carbocycles. The van der Waals surface area contributed by atoms with E-state index in [1.54, 1.807) is 12.1 Å². The summed E-state index contributed by atoms with van der Waals surface area (Å²) in [6.45, 7) is 2.00. The molecule has 5 heteroatoms. The Balaban J connectivity index is 2.39. The summed E-state index contributed by atoms with van der Waals surface area (Å²) in [6.07, 6.45) is 0. The number of hydrogen-bond acceptors (Lipinski definition) is 4. The van der Waals surface area contributed by atoms with Gasteiger partial charge in [0.25, 0.3) is 0 Å². The van der Waals surface area contributed by atoms with Crippen LogP contribution in [0.4, 0.5) is 17.1 Å². The first-order valence-corrected chi connectivity index (χ1v) is 6.83. The van der Waals surface area contributed by atoms with E-state index in [1.807, 2.05) is 31.2 Å². The molecular formula is C15H15BrN2O2. The highest BCUT2D eigenvalue weighted by atomic mass is 79.9. The molecule has 0 bridgehead atoms. The minimum atomic E-state index is -0.450. The van der Waals surface area contributed by atoms with Crippen LogP contribution in [-0.2, 0) is 4.74 Å². The SMILES string of the molecule is COC(=O)c1cccc(Nc2cccc(C)c2Br)c1N. The number of nitrogens with one attached hydrogen (secondary N) is 1. The van der Waals surface area contributed by atoms with Crippen molar-refractivity contribution in [1.29, 1.82) is 0 Å². The molecule has 0 amide bonds. The average Bonchev–Trinajstić information content (AvgIpc) is 2.45. The summed E-state index contributed by atoms with van der Waals surface area (Å²) in [5, 5.41) is 3.22. The quantitative estimate of drug-likeness (QED) is 0.660. The molecule has 0 saturated heterocycles. The second-order valence-corrected chi connectivity index (χ2v) is 5.11. The van der Waals surface area contributed by atoms with E-state index in [0.29, 0.717) is 16.9 Å². The van der Waals surface area contributed by atoms with E-state index >= 15 is 0 Å². The Morgan fingerprint density at radius 3 is 2.55 bits per heavy atom. The third kappa shape index (κ3) is 2.77. The van der Waals surface area contributed by atoms with Crippen molar-refractivity contribution >= 4 is 39.0 Å². The van der Waals surface area contributed by atoms with Crippen LogP contribution in [0.1, 0.15) is 15.9 Å². The summed E-state index contributed by atoms with van der Waals surface area (Å²) < 4.78 is 5.67. The molecule has 2 aromatic carbocycles. The van der Waals surface area contributed by atoms with Gasteiger partial charge in [0, 0.05) is 4.47 Å². The zero-order valence-corrected chi connectivity index (χ0v) is 12.8. The second kappa shape index (κ2) is 5.96. The Hall–Kier alpha value is -2.01. The van der Waals surface area contributed by atoms with Crippen molar-refractivity contribution in [3.8, 4) is 0 Å². The predicted octanol–water partition coefficient (Wildman–Crippen LogP) is 3.87. The molecule has 2 aromatic rings. The van der Waals surface area contributed by atoms with Crippen LogP contribution in [0, 0.1) is 6.92 Å². The first-order chi connectivity index (χ1) is 9.54. The molecule has 0 spiro atoms. The van der Waals surface area contributed by atoms with Crippen molar-refractivity contribution in [3.05, 3.63) is 52.0 Å². The van der Waals surface area contributed by atoms with E-state index in [4.69, 9.17) is 10.5 Å². The van der Waals surface area contributed by atoms with Crippen LogP contribution >= 0.6 is 15.9 Å². The van der Waals surface area contributed by atoms with Crippen LogP contribution in [0.3, 0.4) is 0 Å². The Morgan fingerprint density at radius 2 is 1.85 bits per heavy atom. The van der Waals surface area contributed by atoms with E-state index in [2.05, 4.69) is 21.2 Å². The van der Waals surface area contributed by atoms with Crippen molar-refractivity contribution in [1.82, 2.24) is 0 Å². The summed E-state index contributed by atoms with van der Waals surface area (Å²) in [4.78, 5) is 11.6. The topological polar surface area (TPSA) is 64.3 Å². The number of benzene rings is 2. The highest BCUT2D eigenvalue weighted by Crippen LogP contribution is 2.32. The highest BCUT2D eigenvalue weighted by Gasteiger charge is 2.13. The van der Waals surface area contributed by atoms with Gasteiger partial charge in [0.15, 0.2) is 0 Å². The molecule has 0 aromatic heterocycles. The van der Waals surface area contributed by atoms with E-state index in [0.717, 1.165) is 15.7 Å². The normalized spacial score (nSPS) is 10.2. The number of aryl methyl sites for hydroxylation is 1. The largest absolute Gasteiger partial charge is 0.465 e. The third-order valence-electron chi connectivity index (χ3n) is 2.97. The van der Waals surface area contributed by atoms with E-state index in [1.165, 1.54) is 7.11 Å². The average molecular weight is 335 g/mol. The fourth-order valence-corrected chi connectivity index (χ4v) is 2.21. The molecule has 0 radical (unpaired) electrons. The number of carbonyl (C=O) groups excluding carboxylic acids is 1. The number of esters is 1. The van der Waals surface area contributed by atoms with Crippen LogP contribution in [0.5, 0.6) is 0 Å². The number of rotatable bonds is 3. The predicted molar refractivity (Wildman–Crippen MR) is 84.4 cm³/mol. The monoisotopic (exact) mass is 334 g/mol. The van der Waals surface area contributed by atoms with Crippen molar-refractivity contribution in [3.63, 3.8) is 0 Å². The summed E-state index contributed by atoms with van der Waals surface area (Å²) in [7, 11) is 1.33. The van der Waals surface area contributed by atoms with Crippen molar-refractivity contribution in [2.24, 2.45) is 0 Å². The summed E-state index contributed by atoms with van der Waals surface area (Å²) >= 11 is 3.53. The number of anilines is 3. The van der Waals surface area contributed by atoms with Crippen LogP contribution < -0.4 is 11.1 Å². The van der Waals surface area contributed by atoms with Gasteiger partial charge in [-0.3, -0.25) is 0 Å². The lowest BCUT2D eigenvalue weighted by Crippen LogP contribution is -2.07. The molecule has 104 valence electrons. The summed E-state index contributed by atoms with van der Waals surface area (Å²) in [5.41, 5.74) is 9.40. The molecular weight excluding hydrogens is 320 g/mol. The molecule has 0 unspecified atom stereocenters. The zero-order chi connectivity index (χ0) is 14.7. The summed E-state index contributed by atoms with van der Waals surface area (Å²) in [6, 6.07) is 11.1. The van der Waals surface area contributed by atoms with Gasteiger partial charge in [-0.25, -0.2) is 4.79 Å². The molecule has 0 aliphatic heterocycles. The number of ether oxygens (including phenoxy) is 1. The Kier molecular flexibility index (Phi) is 4.29. The van der Waals surface area contributed by atoms with Gasteiger partial charge < -0.3 is 15.8 Å². The lowest BCUT2D eigenvalue weighted by Gasteiger charge is -2.14. The van der Waals surface area contributed by atoms with Crippen LogP contribution in [-0.4, -0.2) is 13.1 Å². The Bertz CT molecular complexity index is 656. The molecule has 20 heavy (non-hydrogen) atoms. The van der Waals surface area contributed by atoms with E-state index in [9.17, 15) is 4.79 Å². The van der Waals surface area contributed by atoms with Crippen molar-refractivity contribution in [2.75, 3.05) is 18.2 Å². The maximum Gasteiger partial charge on any atom is 0.340 e. The van der Waals surface area contributed by atoms with Crippen LogP contribution in [0.15, 0.2) is 40.9 Å². The zero-order valence-electron chi connectivity index (χ0n) is 11.2. The standard InChI is InChI=1S/C15H15BrN2O2/c1-9-5-3-7-11(13(9)16)18-12-8-4-6-10(14(12)17)15(19)20-2/h3-8,18H,17H2,1-2H3. The Morgan fingerprint density at radius 1 is 1.20 bits per heavy atom. The van der Waals surface area contributed by atoms with Gasteiger partial charge in [0.05, 0.1) is 29.7 Å². The lowest BCUT2D eigenvalue weighted by atomic mass is 10.1. The molecule has 0 heterocycles.